The first-order chi connectivity index (χ1) is 14.6. The molecule has 3 aromatic carbocycles. The Labute approximate surface area is 174 Å². The fourth-order valence-electron chi connectivity index (χ4n) is 2.87. The lowest BCUT2D eigenvalue weighted by molar-refractivity contribution is -0.117. The van der Waals surface area contributed by atoms with Gasteiger partial charge >= 0.3 is 5.97 Å². The number of hydrogen-bond donors (Lipinski definition) is 3. The second-order valence-electron chi connectivity index (χ2n) is 6.42. The maximum Gasteiger partial charge on any atom is 0.335 e. The van der Waals surface area contributed by atoms with Crippen LogP contribution < -0.4 is 10.6 Å². The molecule has 1 amide bonds. The molecular weight excluding hydrogens is 378 g/mol. The predicted octanol–water partition coefficient (Wildman–Crippen LogP) is 4.11. The summed E-state index contributed by atoms with van der Waals surface area (Å²) in [6.07, 6.45) is 1.30. The fraction of sp³-hybridized carbons (Fsp3) is 0.0417. The van der Waals surface area contributed by atoms with Gasteiger partial charge in [-0.15, -0.1) is 0 Å². The summed E-state index contributed by atoms with van der Waals surface area (Å²) in [5.74, 6) is -1.55. The maximum atomic E-state index is 12.8. The van der Waals surface area contributed by atoms with Crippen molar-refractivity contribution >= 4 is 17.6 Å². The number of aromatic carboxylic acids is 1. The minimum Gasteiger partial charge on any atom is -0.478 e. The molecular formula is C24H19N3O3. The zero-order valence-electron chi connectivity index (χ0n) is 15.9. The number of benzene rings is 3. The van der Waals surface area contributed by atoms with Crippen LogP contribution in [0.5, 0.6) is 0 Å². The number of nitrogens with one attached hydrogen (secondary N) is 2. The molecule has 3 rings (SSSR count). The lowest BCUT2D eigenvalue weighted by atomic mass is 9.98. The van der Waals surface area contributed by atoms with Crippen LogP contribution >= 0.6 is 0 Å². The summed E-state index contributed by atoms with van der Waals surface area (Å²) in [5.41, 5.74) is 2.40. The molecule has 0 aliphatic carbocycles. The van der Waals surface area contributed by atoms with Gasteiger partial charge in [-0.05, 0) is 35.4 Å². The van der Waals surface area contributed by atoms with Crippen LogP contribution in [0.2, 0.25) is 0 Å². The molecule has 0 aromatic heterocycles. The molecule has 0 radical (unpaired) electrons. The third-order valence-corrected chi connectivity index (χ3v) is 4.42. The van der Waals surface area contributed by atoms with Gasteiger partial charge in [0.2, 0.25) is 0 Å². The lowest BCUT2D eigenvalue weighted by Crippen LogP contribution is -2.30. The number of carbonyl (C=O) groups is 2. The molecule has 0 unspecified atom stereocenters. The topological polar surface area (TPSA) is 102 Å². The number of nitriles is 1. The molecule has 0 heterocycles. The van der Waals surface area contributed by atoms with Gasteiger partial charge in [-0.3, -0.25) is 4.79 Å². The van der Waals surface area contributed by atoms with E-state index in [-0.39, 0.29) is 11.1 Å². The molecule has 0 saturated carbocycles. The van der Waals surface area contributed by atoms with Crippen LogP contribution in [0.1, 0.15) is 27.5 Å². The van der Waals surface area contributed by atoms with Crippen molar-refractivity contribution in [3.05, 3.63) is 113 Å². The Hall–Kier alpha value is -4.37. The minimum atomic E-state index is -1.03. The summed E-state index contributed by atoms with van der Waals surface area (Å²) in [6.45, 7) is 0. The molecule has 3 N–H and O–H groups in total. The molecule has 0 fully saturated rings. The highest BCUT2D eigenvalue weighted by atomic mass is 16.4. The molecule has 0 bridgehead atoms. The molecule has 0 saturated heterocycles. The van der Waals surface area contributed by atoms with Crippen LogP contribution in [0.25, 0.3) is 0 Å². The van der Waals surface area contributed by atoms with Crippen LogP contribution in [0.15, 0.2) is 96.7 Å². The largest absolute Gasteiger partial charge is 0.478 e. The summed E-state index contributed by atoms with van der Waals surface area (Å²) in [5, 5.41) is 24.2. The van der Waals surface area contributed by atoms with Gasteiger partial charge in [0.1, 0.15) is 11.6 Å². The minimum absolute atomic E-state index is 0.103. The fourth-order valence-corrected chi connectivity index (χ4v) is 2.87. The van der Waals surface area contributed by atoms with Crippen LogP contribution in [0, 0.1) is 11.3 Å². The quantitative estimate of drug-likeness (QED) is 0.411. The Morgan fingerprint density at radius 2 is 1.40 bits per heavy atom. The number of carboxylic acids is 1. The van der Waals surface area contributed by atoms with Gasteiger partial charge in [-0.2, -0.15) is 5.26 Å². The van der Waals surface area contributed by atoms with Crippen molar-refractivity contribution in [2.45, 2.75) is 6.04 Å². The summed E-state index contributed by atoms with van der Waals surface area (Å²) < 4.78 is 0. The van der Waals surface area contributed by atoms with Gasteiger partial charge in [0, 0.05) is 11.9 Å². The third kappa shape index (κ3) is 5.12. The molecule has 148 valence electrons. The molecule has 6 nitrogen and oxygen atoms in total. The summed E-state index contributed by atoms with van der Waals surface area (Å²) in [6, 6.07) is 26.5. The summed E-state index contributed by atoms with van der Waals surface area (Å²) in [7, 11) is 0. The van der Waals surface area contributed by atoms with Gasteiger partial charge in [-0.1, -0.05) is 60.7 Å². The van der Waals surface area contributed by atoms with E-state index in [4.69, 9.17) is 5.11 Å². The molecule has 0 aliphatic heterocycles. The number of hydrogen-bond acceptors (Lipinski definition) is 4. The van der Waals surface area contributed by atoms with Gasteiger partial charge in [0.15, 0.2) is 0 Å². The van der Waals surface area contributed by atoms with Crippen LogP contribution in [0.4, 0.5) is 5.69 Å². The number of carboxylic acid groups (broad SMARTS) is 1. The highest BCUT2D eigenvalue weighted by Gasteiger charge is 2.19. The van der Waals surface area contributed by atoms with Crippen LogP contribution in [0.3, 0.4) is 0 Å². The molecule has 0 atom stereocenters. The number of nitrogens with zero attached hydrogens (tertiary/aromatic N) is 1. The Bertz CT molecular complexity index is 1050. The maximum absolute atomic E-state index is 12.8. The average Bonchev–Trinajstić information content (AvgIpc) is 2.79. The van der Waals surface area contributed by atoms with E-state index < -0.39 is 17.9 Å². The van der Waals surface area contributed by atoms with Crippen molar-refractivity contribution in [2.24, 2.45) is 0 Å². The molecule has 30 heavy (non-hydrogen) atoms. The van der Waals surface area contributed by atoms with E-state index in [2.05, 4.69) is 10.6 Å². The van der Waals surface area contributed by atoms with Crippen molar-refractivity contribution in [1.82, 2.24) is 5.32 Å². The van der Waals surface area contributed by atoms with Gasteiger partial charge in [0.05, 0.1) is 11.6 Å². The van der Waals surface area contributed by atoms with Crippen molar-refractivity contribution in [2.75, 3.05) is 5.32 Å². The zero-order chi connectivity index (χ0) is 21.3. The molecule has 3 aromatic rings. The Balaban J connectivity index is 1.79. The number of anilines is 1. The van der Waals surface area contributed by atoms with Crippen LogP contribution in [-0.4, -0.2) is 17.0 Å². The van der Waals surface area contributed by atoms with Gasteiger partial charge < -0.3 is 15.7 Å². The normalized spacial score (nSPS) is 10.9. The first-order valence-electron chi connectivity index (χ1n) is 9.19. The van der Waals surface area contributed by atoms with Crippen molar-refractivity contribution in [1.29, 1.82) is 5.26 Å². The second-order valence-corrected chi connectivity index (χ2v) is 6.42. The van der Waals surface area contributed by atoms with E-state index in [1.807, 2.05) is 66.7 Å². The standard InChI is InChI=1S/C24H19N3O3/c25-15-20(16-26-21-13-11-19(12-14-21)24(29)30)23(28)27-22(17-7-3-1-4-8-17)18-9-5-2-6-10-18/h1-14,16,22,26H,(H,27,28)(H,29,30)/b20-16-. The van der Waals surface area contributed by atoms with E-state index in [9.17, 15) is 14.9 Å². The summed E-state index contributed by atoms with van der Waals surface area (Å²) in [4.78, 5) is 23.7. The average molecular weight is 397 g/mol. The van der Waals surface area contributed by atoms with E-state index in [0.717, 1.165) is 11.1 Å². The number of amides is 1. The highest BCUT2D eigenvalue weighted by molar-refractivity contribution is 5.98. The first-order valence-corrected chi connectivity index (χ1v) is 9.19. The molecule has 0 aliphatic rings. The Morgan fingerprint density at radius 1 is 0.867 bits per heavy atom. The van der Waals surface area contributed by atoms with Crippen LogP contribution in [-0.2, 0) is 4.79 Å². The van der Waals surface area contributed by atoms with Gasteiger partial charge in [-0.25, -0.2) is 4.79 Å². The monoisotopic (exact) mass is 397 g/mol. The Kier molecular flexibility index (Phi) is 6.59. The Morgan fingerprint density at radius 3 is 1.87 bits per heavy atom. The van der Waals surface area contributed by atoms with E-state index >= 15 is 0 Å². The smallest absolute Gasteiger partial charge is 0.335 e. The van der Waals surface area contributed by atoms with Crippen molar-refractivity contribution < 1.29 is 14.7 Å². The third-order valence-electron chi connectivity index (χ3n) is 4.42. The second kappa shape index (κ2) is 9.71. The predicted molar refractivity (Wildman–Crippen MR) is 114 cm³/mol. The first kappa shape index (κ1) is 20.4. The van der Waals surface area contributed by atoms with E-state index in [1.165, 1.54) is 18.3 Å². The summed E-state index contributed by atoms with van der Waals surface area (Å²) >= 11 is 0. The number of carbonyl (C=O) groups excluding carboxylic acids is 1. The lowest BCUT2D eigenvalue weighted by Gasteiger charge is -2.19. The van der Waals surface area contributed by atoms with E-state index in [0.29, 0.717) is 5.69 Å². The van der Waals surface area contributed by atoms with Crippen molar-refractivity contribution in [3.63, 3.8) is 0 Å². The zero-order valence-corrected chi connectivity index (χ0v) is 15.9. The molecule has 0 spiro atoms. The van der Waals surface area contributed by atoms with Crippen molar-refractivity contribution in [3.8, 4) is 6.07 Å². The highest BCUT2D eigenvalue weighted by Crippen LogP contribution is 2.22. The SMILES string of the molecule is N#C/C(=C/Nc1ccc(C(=O)O)cc1)C(=O)NC(c1ccccc1)c1ccccc1. The van der Waals surface area contributed by atoms with E-state index in [1.54, 1.807) is 12.1 Å². The van der Waals surface area contributed by atoms with Gasteiger partial charge in [0.25, 0.3) is 5.91 Å². The molecule has 6 heteroatoms. The number of rotatable bonds is 7.